The van der Waals surface area contributed by atoms with E-state index in [1.807, 2.05) is 6.07 Å². The maximum atomic E-state index is 13.2. The molecule has 0 bridgehead atoms. The maximum absolute atomic E-state index is 13.2. The molecule has 3 nitrogen and oxygen atoms in total. The lowest BCUT2D eigenvalue weighted by Gasteiger charge is -2.32. The number of benzene rings is 1. The van der Waals surface area contributed by atoms with Crippen molar-refractivity contribution < 1.29 is 9.13 Å². The predicted octanol–water partition coefficient (Wildman–Crippen LogP) is 2.40. The highest BCUT2D eigenvalue weighted by molar-refractivity contribution is 5.33. The summed E-state index contributed by atoms with van der Waals surface area (Å²) < 4.78 is 18.4. The van der Waals surface area contributed by atoms with Crippen molar-refractivity contribution in [2.45, 2.75) is 25.8 Å². The summed E-state index contributed by atoms with van der Waals surface area (Å²) in [5.74, 6) is 1.09. The highest BCUT2D eigenvalue weighted by atomic mass is 19.1. The maximum Gasteiger partial charge on any atom is 0.126 e. The molecule has 0 aromatic heterocycles. The minimum Gasteiger partial charge on any atom is -0.496 e. The van der Waals surface area contributed by atoms with Gasteiger partial charge in [-0.2, -0.15) is 0 Å². The second-order valence-corrected chi connectivity index (χ2v) is 5.28. The monoisotopic (exact) mass is 266 g/mol. The third-order valence-corrected chi connectivity index (χ3v) is 3.82. The molecule has 1 aromatic carbocycles. The number of hydrogen-bond donors (Lipinski definition) is 1. The highest BCUT2D eigenvalue weighted by Crippen LogP contribution is 2.25. The van der Waals surface area contributed by atoms with Crippen molar-refractivity contribution in [2.24, 2.45) is 11.7 Å². The Kier molecular flexibility index (Phi) is 5.16. The molecule has 1 saturated heterocycles. The van der Waals surface area contributed by atoms with E-state index in [1.165, 1.54) is 25.0 Å². The minimum atomic E-state index is -0.250. The van der Waals surface area contributed by atoms with Crippen LogP contribution in [0.1, 0.15) is 24.8 Å². The summed E-state index contributed by atoms with van der Waals surface area (Å²) in [6.07, 6.45) is 3.58. The van der Waals surface area contributed by atoms with Crippen molar-refractivity contribution in [3.8, 4) is 5.75 Å². The molecule has 0 radical (unpaired) electrons. The molecule has 0 amide bonds. The van der Waals surface area contributed by atoms with Crippen LogP contribution in [0.2, 0.25) is 0 Å². The van der Waals surface area contributed by atoms with Gasteiger partial charge in [-0.3, -0.25) is 4.90 Å². The summed E-state index contributed by atoms with van der Waals surface area (Å²) in [4.78, 5) is 2.42. The first-order valence-corrected chi connectivity index (χ1v) is 6.97. The molecule has 4 heteroatoms. The van der Waals surface area contributed by atoms with Crippen molar-refractivity contribution in [1.29, 1.82) is 0 Å². The molecule has 0 aliphatic carbocycles. The fourth-order valence-corrected chi connectivity index (χ4v) is 2.86. The molecule has 0 unspecified atom stereocenters. The average molecular weight is 266 g/mol. The van der Waals surface area contributed by atoms with Crippen molar-refractivity contribution in [3.05, 3.63) is 29.6 Å². The molecule has 0 spiro atoms. The Labute approximate surface area is 114 Å². The first kappa shape index (κ1) is 14.3. The van der Waals surface area contributed by atoms with Crippen LogP contribution in [0.25, 0.3) is 0 Å². The van der Waals surface area contributed by atoms with Gasteiger partial charge in [0.15, 0.2) is 0 Å². The number of nitrogens with two attached hydrogens (primary N) is 1. The number of ether oxygens (including phenoxy) is 1. The van der Waals surface area contributed by atoms with Gasteiger partial charge in [0.1, 0.15) is 11.6 Å². The third kappa shape index (κ3) is 3.91. The lowest BCUT2D eigenvalue weighted by Crippen LogP contribution is -2.35. The van der Waals surface area contributed by atoms with Crippen LogP contribution >= 0.6 is 0 Å². The van der Waals surface area contributed by atoms with E-state index in [2.05, 4.69) is 4.90 Å². The van der Waals surface area contributed by atoms with Gasteiger partial charge in [0.25, 0.3) is 0 Å². The Morgan fingerprint density at radius 3 is 3.05 bits per heavy atom. The molecule has 1 aliphatic heterocycles. The van der Waals surface area contributed by atoms with E-state index in [0.717, 1.165) is 38.2 Å². The van der Waals surface area contributed by atoms with Gasteiger partial charge in [0.2, 0.25) is 0 Å². The SMILES string of the molecule is COc1cc(F)ccc1CN1CCC[C@H](CCN)C1. The highest BCUT2D eigenvalue weighted by Gasteiger charge is 2.20. The van der Waals surface area contributed by atoms with E-state index in [-0.39, 0.29) is 5.82 Å². The smallest absolute Gasteiger partial charge is 0.126 e. The second kappa shape index (κ2) is 6.87. The van der Waals surface area contributed by atoms with Crippen molar-refractivity contribution in [2.75, 3.05) is 26.7 Å². The van der Waals surface area contributed by atoms with E-state index >= 15 is 0 Å². The Morgan fingerprint density at radius 2 is 2.32 bits per heavy atom. The van der Waals surface area contributed by atoms with Crippen LogP contribution in [-0.4, -0.2) is 31.6 Å². The second-order valence-electron chi connectivity index (χ2n) is 5.28. The Morgan fingerprint density at radius 1 is 1.47 bits per heavy atom. The van der Waals surface area contributed by atoms with Crippen LogP contribution in [0, 0.1) is 11.7 Å². The first-order valence-electron chi connectivity index (χ1n) is 6.97. The van der Waals surface area contributed by atoms with E-state index in [0.29, 0.717) is 11.7 Å². The largest absolute Gasteiger partial charge is 0.496 e. The van der Waals surface area contributed by atoms with E-state index in [4.69, 9.17) is 10.5 Å². The van der Waals surface area contributed by atoms with Gasteiger partial charge in [-0.1, -0.05) is 6.07 Å². The molecule has 1 aromatic rings. The summed E-state index contributed by atoms with van der Waals surface area (Å²) in [6, 6.07) is 4.77. The molecule has 1 atom stereocenters. The zero-order valence-corrected chi connectivity index (χ0v) is 11.6. The number of methoxy groups -OCH3 is 1. The number of hydrogen-bond acceptors (Lipinski definition) is 3. The van der Waals surface area contributed by atoms with Crippen LogP contribution < -0.4 is 10.5 Å². The number of likely N-dealkylation sites (tertiary alicyclic amines) is 1. The van der Waals surface area contributed by atoms with Crippen LogP contribution in [0.4, 0.5) is 4.39 Å². The lowest BCUT2D eigenvalue weighted by molar-refractivity contribution is 0.161. The molecule has 0 saturated carbocycles. The number of piperidine rings is 1. The van der Waals surface area contributed by atoms with Gasteiger partial charge in [0.05, 0.1) is 7.11 Å². The predicted molar refractivity (Wildman–Crippen MR) is 74.6 cm³/mol. The molecule has 1 aliphatic rings. The topological polar surface area (TPSA) is 38.5 Å². The standard InChI is InChI=1S/C15H23FN2O/c1-19-15-9-14(16)5-4-13(15)11-18-8-2-3-12(10-18)6-7-17/h4-5,9,12H,2-3,6-8,10-11,17H2,1H3/t12-/m1/s1. The van der Waals surface area contributed by atoms with Crippen LogP contribution in [-0.2, 0) is 6.54 Å². The molecular weight excluding hydrogens is 243 g/mol. The molecule has 19 heavy (non-hydrogen) atoms. The Hall–Kier alpha value is -1.13. The van der Waals surface area contributed by atoms with E-state index in [9.17, 15) is 4.39 Å². The summed E-state index contributed by atoms with van der Waals surface area (Å²) >= 11 is 0. The molecule has 2 rings (SSSR count). The van der Waals surface area contributed by atoms with E-state index < -0.39 is 0 Å². The fraction of sp³-hybridized carbons (Fsp3) is 0.600. The van der Waals surface area contributed by atoms with Crippen LogP contribution in [0.15, 0.2) is 18.2 Å². The summed E-state index contributed by atoms with van der Waals surface area (Å²) in [5.41, 5.74) is 6.69. The summed E-state index contributed by atoms with van der Waals surface area (Å²) in [6.45, 7) is 3.77. The lowest BCUT2D eigenvalue weighted by atomic mass is 9.94. The number of nitrogens with zero attached hydrogens (tertiary/aromatic N) is 1. The zero-order valence-electron chi connectivity index (χ0n) is 11.6. The van der Waals surface area contributed by atoms with Crippen molar-refractivity contribution in [1.82, 2.24) is 4.90 Å². The summed E-state index contributed by atoms with van der Waals surface area (Å²) in [5, 5.41) is 0. The van der Waals surface area contributed by atoms with Crippen molar-refractivity contribution in [3.63, 3.8) is 0 Å². The first-order chi connectivity index (χ1) is 9.22. The molecular formula is C15H23FN2O. The van der Waals surface area contributed by atoms with Crippen molar-refractivity contribution >= 4 is 0 Å². The Balaban J connectivity index is 2.00. The Bertz CT molecular complexity index is 409. The summed E-state index contributed by atoms with van der Waals surface area (Å²) in [7, 11) is 1.59. The fourth-order valence-electron chi connectivity index (χ4n) is 2.86. The quantitative estimate of drug-likeness (QED) is 0.889. The molecule has 1 heterocycles. The number of halogens is 1. The normalized spacial score (nSPS) is 20.5. The average Bonchev–Trinajstić information content (AvgIpc) is 2.41. The van der Waals surface area contributed by atoms with Gasteiger partial charge < -0.3 is 10.5 Å². The van der Waals surface area contributed by atoms with Crippen LogP contribution in [0.5, 0.6) is 5.75 Å². The van der Waals surface area contributed by atoms with Gasteiger partial charge in [-0.25, -0.2) is 4.39 Å². The molecule has 1 fully saturated rings. The molecule has 106 valence electrons. The van der Waals surface area contributed by atoms with Crippen LogP contribution in [0.3, 0.4) is 0 Å². The molecule has 2 N–H and O–H groups in total. The van der Waals surface area contributed by atoms with Gasteiger partial charge >= 0.3 is 0 Å². The van der Waals surface area contributed by atoms with E-state index in [1.54, 1.807) is 7.11 Å². The third-order valence-electron chi connectivity index (χ3n) is 3.82. The van der Waals surface area contributed by atoms with Gasteiger partial charge in [-0.05, 0) is 44.3 Å². The van der Waals surface area contributed by atoms with Gasteiger partial charge in [-0.15, -0.1) is 0 Å². The minimum absolute atomic E-state index is 0.250. The number of rotatable bonds is 5. The zero-order chi connectivity index (χ0) is 13.7. The van der Waals surface area contributed by atoms with Gasteiger partial charge in [0, 0.05) is 24.7 Å².